The third kappa shape index (κ3) is 11.5. The van der Waals surface area contributed by atoms with Gasteiger partial charge in [0.25, 0.3) is 0 Å². The molecule has 1 aromatic carbocycles. The second kappa shape index (κ2) is 15.1. The van der Waals surface area contributed by atoms with Gasteiger partial charge in [-0.05, 0) is 45.7 Å². The molecule has 3 amide bonds. The Morgan fingerprint density at radius 3 is 1.95 bits per heavy atom. The van der Waals surface area contributed by atoms with Gasteiger partial charge in [0, 0.05) is 24.6 Å². The van der Waals surface area contributed by atoms with Crippen molar-refractivity contribution in [3.63, 3.8) is 0 Å². The van der Waals surface area contributed by atoms with E-state index in [4.69, 9.17) is 4.74 Å². The lowest BCUT2D eigenvalue weighted by Gasteiger charge is -2.38. The molecule has 240 valence electrons. The van der Waals surface area contributed by atoms with Crippen LogP contribution < -0.4 is 16.0 Å². The average Bonchev–Trinajstić information content (AvgIpc) is 2.88. The number of nitrogens with one attached hydrogen (secondary N) is 3. The van der Waals surface area contributed by atoms with Crippen molar-refractivity contribution in [3.8, 4) is 0 Å². The molecular formula is C32H50N4O7. The molecule has 1 rings (SSSR count). The van der Waals surface area contributed by atoms with Crippen LogP contribution in [0, 0.1) is 5.41 Å². The van der Waals surface area contributed by atoms with Crippen molar-refractivity contribution in [2.75, 3.05) is 20.6 Å². The number of amides is 3. The van der Waals surface area contributed by atoms with Crippen molar-refractivity contribution in [2.24, 2.45) is 5.41 Å². The fourth-order valence-corrected chi connectivity index (χ4v) is 4.42. The Kier molecular flexibility index (Phi) is 13.1. The van der Waals surface area contributed by atoms with Gasteiger partial charge in [-0.2, -0.15) is 0 Å². The molecule has 11 heteroatoms. The number of benzene rings is 1. The molecule has 0 aliphatic heterocycles. The third-order valence-corrected chi connectivity index (χ3v) is 6.97. The minimum atomic E-state index is -1.38. The first-order chi connectivity index (χ1) is 19.6. The molecule has 0 aliphatic rings. The highest BCUT2D eigenvalue weighted by Crippen LogP contribution is 2.28. The van der Waals surface area contributed by atoms with Gasteiger partial charge in [0.15, 0.2) is 0 Å². The SMILES string of the molecule is CN[C@H](C(=O)NC(C(=O)N(C)C/C=C(\C)C(=O)N[C@H](CC(=O)O)C(=O)OC(C)(C)C)C(C)(C)C)C(C)(C)c1ccccc1. The third-order valence-electron chi connectivity index (χ3n) is 6.97. The molecule has 0 heterocycles. The van der Waals surface area contributed by atoms with Crippen LogP contribution in [-0.2, 0) is 34.1 Å². The summed E-state index contributed by atoms with van der Waals surface area (Å²) in [5.41, 5.74) is -0.936. The predicted molar refractivity (Wildman–Crippen MR) is 165 cm³/mol. The van der Waals surface area contributed by atoms with Gasteiger partial charge in [0.1, 0.15) is 17.7 Å². The Morgan fingerprint density at radius 2 is 1.49 bits per heavy atom. The number of carbonyl (C=O) groups is 5. The molecule has 0 saturated heterocycles. The van der Waals surface area contributed by atoms with E-state index in [0.717, 1.165) is 5.56 Å². The summed E-state index contributed by atoms with van der Waals surface area (Å²) in [4.78, 5) is 65.1. The van der Waals surface area contributed by atoms with E-state index in [1.54, 1.807) is 34.9 Å². The minimum Gasteiger partial charge on any atom is -0.481 e. The number of likely N-dealkylation sites (N-methyl/N-ethyl adjacent to an activating group) is 2. The molecule has 11 nitrogen and oxygen atoms in total. The van der Waals surface area contributed by atoms with Gasteiger partial charge >= 0.3 is 11.9 Å². The van der Waals surface area contributed by atoms with Gasteiger partial charge in [-0.3, -0.25) is 19.2 Å². The Morgan fingerprint density at radius 1 is 0.930 bits per heavy atom. The number of rotatable bonds is 13. The van der Waals surface area contributed by atoms with Crippen molar-refractivity contribution in [1.82, 2.24) is 20.9 Å². The number of hydrogen-bond acceptors (Lipinski definition) is 7. The van der Waals surface area contributed by atoms with Crippen molar-refractivity contribution < 1.29 is 33.8 Å². The molecule has 0 radical (unpaired) electrons. The summed E-state index contributed by atoms with van der Waals surface area (Å²) in [6, 6.07) is 6.77. The summed E-state index contributed by atoms with van der Waals surface area (Å²) < 4.78 is 5.24. The zero-order valence-electron chi connectivity index (χ0n) is 27.5. The van der Waals surface area contributed by atoms with Crippen molar-refractivity contribution >= 4 is 29.7 Å². The second-order valence-electron chi connectivity index (χ2n) is 13.4. The highest BCUT2D eigenvalue weighted by Gasteiger charge is 2.40. The van der Waals surface area contributed by atoms with Gasteiger partial charge in [-0.1, -0.05) is 71.0 Å². The molecular weight excluding hydrogens is 552 g/mol. The predicted octanol–water partition coefficient (Wildman–Crippen LogP) is 2.79. The van der Waals surface area contributed by atoms with Crippen LogP contribution in [0.1, 0.15) is 74.3 Å². The summed E-state index contributed by atoms with van der Waals surface area (Å²) in [5, 5.41) is 17.7. The van der Waals surface area contributed by atoms with Crippen LogP contribution in [0.5, 0.6) is 0 Å². The van der Waals surface area contributed by atoms with Crippen LogP contribution >= 0.6 is 0 Å². The molecule has 0 bridgehead atoms. The zero-order chi connectivity index (χ0) is 33.3. The van der Waals surface area contributed by atoms with Gasteiger partial charge in [-0.25, -0.2) is 4.79 Å². The smallest absolute Gasteiger partial charge is 0.329 e. The monoisotopic (exact) mass is 602 g/mol. The topological polar surface area (TPSA) is 154 Å². The van der Waals surface area contributed by atoms with E-state index in [0.29, 0.717) is 0 Å². The van der Waals surface area contributed by atoms with Gasteiger partial charge in [0.2, 0.25) is 17.7 Å². The van der Waals surface area contributed by atoms with Gasteiger partial charge < -0.3 is 30.7 Å². The fraction of sp³-hybridized carbons (Fsp3) is 0.594. The lowest BCUT2D eigenvalue weighted by atomic mass is 9.76. The van der Waals surface area contributed by atoms with E-state index >= 15 is 0 Å². The lowest BCUT2D eigenvalue weighted by molar-refractivity contribution is -0.160. The number of esters is 1. The van der Waals surface area contributed by atoms with E-state index in [1.165, 1.54) is 17.9 Å². The molecule has 1 unspecified atom stereocenters. The van der Waals surface area contributed by atoms with Crippen LogP contribution in [0.4, 0.5) is 0 Å². The van der Waals surface area contributed by atoms with Crippen molar-refractivity contribution in [3.05, 3.63) is 47.5 Å². The maximum absolute atomic E-state index is 13.6. The maximum Gasteiger partial charge on any atom is 0.329 e. The molecule has 0 aliphatic carbocycles. The largest absolute Gasteiger partial charge is 0.481 e. The fourth-order valence-electron chi connectivity index (χ4n) is 4.42. The standard InChI is InChI=1S/C32H50N4O7/c1-20(26(39)34-22(19-23(37)38)29(42)43-31(5,6)7)17-18-36(11)28(41)25(30(2,3)4)35-27(40)24(33-10)32(8,9)21-15-13-12-14-16-21/h12-17,22,24-25,33H,18-19H2,1-11H3,(H,34,39)(H,35,40)(H,37,38)/b20-17+/t22-,24-,25?/m1/s1. The normalized spacial score (nSPS) is 14.6. The molecule has 1 aromatic rings. The molecule has 3 atom stereocenters. The molecule has 4 N–H and O–H groups in total. The highest BCUT2D eigenvalue weighted by molar-refractivity contribution is 5.97. The number of carboxylic acids is 1. The number of hydrogen-bond donors (Lipinski definition) is 4. The van der Waals surface area contributed by atoms with E-state index in [2.05, 4.69) is 16.0 Å². The van der Waals surface area contributed by atoms with Crippen LogP contribution in [0.2, 0.25) is 0 Å². The molecule has 0 fully saturated rings. The van der Waals surface area contributed by atoms with Crippen LogP contribution in [0.15, 0.2) is 42.0 Å². The number of nitrogens with zero attached hydrogens (tertiary/aromatic N) is 1. The van der Waals surface area contributed by atoms with Crippen molar-refractivity contribution in [2.45, 2.75) is 97.9 Å². The summed E-state index contributed by atoms with van der Waals surface area (Å²) >= 11 is 0. The minimum absolute atomic E-state index is 0.0293. The second-order valence-corrected chi connectivity index (χ2v) is 13.4. The molecule has 0 spiro atoms. The van der Waals surface area contributed by atoms with Gasteiger partial charge in [0.05, 0.1) is 12.5 Å². The van der Waals surface area contributed by atoms with E-state index in [-0.39, 0.29) is 23.9 Å². The first kappa shape index (κ1) is 37.3. The summed E-state index contributed by atoms with van der Waals surface area (Å²) in [6.45, 7) is 15.9. The van der Waals surface area contributed by atoms with Gasteiger partial charge in [-0.15, -0.1) is 0 Å². The molecule has 0 saturated carbocycles. The summed E-state index contributed by atoms with van der Waals surface area (Å²) in [5.74, 6) is -3.47. The number of carboxylic acid groups (broad SMARTS) is 1. The molecule has 43 heavy (non-hydrogen) atoms. The number of carbonyl (C=O) groups excluding carboxylic acids is 4. The van der Waals surface area contributed by atoms with E-state index in [1.807, 2.05) is 65.0 Å². The van der Waals surface area contributed by atoms with Crippen LogP contribution in [0.3, 0.4) is 0 Å². The maximum atomic E-state index is 13.6. The van der Waals surface area contributed by atoms with E-state index < -0.39 is 58.8 Å². The Hall–Kier alpha value is -3.73. The quantitative estimate of drug-likeness (QED) is 0.199. The Balaban J connectivity index is 3.06. The average molecular weight is 603 g/mol. The number of ether oxygens (including phenoxy) is 1. The number of aliphatic carboxylic acids is 1. The summed E-state index contributed by atoms with van der Waals surface area (Å²) in [7, 11) is 3.27. The Labute approximate surface area is 255 Å². The van der Waals surface area contributed by atoms with Crippen molar-refractivity contribution in [1.29, 1.82) is 0 Å². The Bertz CT molecular complexity index is 1180. The van der Waals surface area contributed by atoms with Crippen LogP contribution in [0.25, 0.3) is 0 Å². The van der Waals surface area contributed by atoms with Crippen LogP contribution in [-0.4, -0.2) is 84.0 Å². The van der Waals surface area contributed by atoms with E-state index in [9.17, 15) is 29.1 Å². The summed E-state index contributed by atoms with van der Waals surface area (Å²) in [6.07, 6.45) is 0.852. The molecule has 0 aromatic heterocycles. The zero-order valence-corrected chi connectivity index (χ0v) is 27.5. The first-order valence-electron chi connectivity index (χ1n) is 14.3. The first-order valence-corrected chi connectivity index (χ1v) is 14.3. The highest BCUT2D eigenvalue weighted by atomic mass is 16.6. The lowest BCUT2D eigenvalue weighted by Crippen LogP contribution is -2.60.